The van der Waals surface area contributed by atoms with Crippen LogP contribution in [0.15, 0.2) is 18.2 Å². The fourth-order valence-electron chi connectivity index (χ4n) is 1.74. The van der Waals surface area contributed by atoms with Crippen molar-refractivity contribution >= 4 is 40.4 Å². The Bertz CT molecular complexity index is 446. The van der Waals surface area contributed by atoms with Crippen molar-refractivity contribution in [2.75, 3.05) is 6.61 Å². The third kappa shape index (κ3) is 3.47. The highest BCUT2D eigenvalue weighted by molar-refractivity contribution is 7.80. The van der Waals surface area contributed by atoms with Crippen molar-refractivity contribution in [3.05, 3.63) is 28.2 Å². The summed E-state index contributed by atoms with van der Waals surface area (Å²) in [5, 5.41) is 1.13. The highest BCUT2D eigenvalue weighted by atomic mass is 35.5. The Morgan fingerprint density at radius 3 is 2.65 bits per heavy atom. The van der Waals surface area contributed by atoms with Crippen molar-refractivity contribution in [2.45, 2.75) is 19.3 Å². The maximum Gasteiger partial charge on any atom is 0.138 e. The first kappa shape index (κ1) is 12.9. The van der Waals surface area contributed by atoms with E-state index in [4.69, 9.17) is 45.9 Å². The molecular formula is C12H13Cl2NOS. The number of halogens is 2. The van der Waals surface area contributed by atoms with Gasteiger partial charge in [0.25, 0.3) is 0 Å². The van der Waals surface area contributed by atoms with Gasteiger partial charge in [0.05, 0.1) is 16.6 Å². The minimum absolute atomic E-state index is 0.134. The Balaban J connectivity index is 1.96. The SMILES string of the molecule is NC(=S)CC1(COc2ccc(Cl)cc2Cl)CC1. The van der Waals surface area contributed by atoms with Crippen LogP contribution in [0, 0.1) is 5.41 Å². The summed E-state index contributed by atoms with van der Waals surface area (Å²) < 4.78 is 5.71. The minimum atomic E-state index is 0.134. The topological polar surface area (TPSA) is 35.2 Å². The lowest BCUT2D eigenvalue weighted by Gasteiger charge is -2.16. The molecule has 1 aromatic rings. The summed E-state index contributed by atoms with van der Waals surface area (Å²) in [5.74, 6) is 0.658. The van der Waals surface area contributed by atoms with Crippen molar-refractivity contribution < 1.29 is 4.74 Å². The molecule has 1 aliphatic carbocycles. The molecule has 1 fully saturated rings. The lowest BCUT2D eigenvalue weighted by atomic mass is 10.0. The molecule has 0 aliphatic heterocycles. The van der Waals surface area contributed by atoms with Gasteiger partial charge < -0.3 is 10.5 Å². The number of rotatable bonds is 5. The van der Waals surface area contributed by atoms with Crippen LogP contribution in [0.5, 0.6) is 5.75 Å². The van der Waals surface area contributed by atoms with Gasteiger partial charge in [0.15, 0.2) is 0 Å². The average Bonchev–Trinajstić information content (AvgIpc) is 2.96. The van der Waals surface area contributed by atoms with Crippen LogP contribution in [0.3, 0.4) is 0 Å². The first-order valence-electron chi connectivity index (χ1n) is 5.37. The van der Waals surface area contributed by atoms with Crippen LogP contribution in [0.25, 0.3) is 0 Å². The van der Waals surface area contributed by atoms with Crippen LogP contribution >= 0.6 is 35.4 Å². The maximum atomic E-state index is 6.02. The molecule has 0 aromatic heterocycles. The van der Waals surface area contributed by atoms with Crippen LogP contribution in [-0.4, -0.2) is 11.6 Å². The maximum absolute atomic E-state index is 6.02. The smallest absolute Gasteiger partial charge is 0.138 e. The molecule has 0 atom stereocenters. The summed E-state index contributed by atoms with van der Waals surface area (Å²) in [4.78, 5) is 0.549. The molecule has 0 unspecified atom stereocenters. The molecule has 0 heterocycles. The Morgan fingerprint density at radius 2 is 2.12 bits per heavy atom. The van der Waals surface area contributed by atoms with Crippen LogP contribution in [0.1, 0.15) is 19.3 Å². The highest BCUT2D eigenvalue weighted by Crippen LogP contribution is 2.49. The van der Waals surface area contributed by atoms with Crippen molar-refractivity contribution in [3.63, 3.8) is 0 Å². The predicted molar refractivity (Wildman–Crippen MR) is 75.0 cm³/mol. The molecule has 1 aromatic carbocycles. The van der Waals surface area contributed by atoms with Crippen molar-refractivity contribution in [1.82, 2.24) is 0 Å². The third-order valence-corrected chi connectivity index (χ3v) is 3.61. The minimum Gasteiger partial charge on any atom is -0.491 e. The van der Waals surface area contributed by atoms with E-state index in [2.05, 4.69) is 0 Å². The molecule has 1 aliphatic rings. The van der Waals surface area contributed by atoms with Gasteiger partial charge in [-0.15, -0.1) is 0 Å². The largest absolute Gasteiger partial charge is 0.491 e. The van der Waals surface area contributed by atoms with E-state index in [1.165, 1.54) is 0 Å². The molecule has 2 rings (SSSR count). The van der Waals surface area contributed by atoms with E-state index in [-0.39, 0.29) is 5.41 Å². The van der Waals surface area contributed by atoms with E-state index in [0.717, 1.165) is 19.3 Å². The second-order valence-electron chi connectivity index (χ2n) is 4.51. The van der Waals surface area contributed by atoms with Crippen molar-refractivity contribution in [1.29, 1.82) is 0 Å². The number of benzene rings is 1. The molecule has 2 N–H and O–H groups in total. The zero-order valence-corrected chi connectivity index (χ0v) is 11.5. The summed E-state index contributed by atoms with van der Waals surface area (Å²) in [6.45, 7) is 0.603. The van der Waals surface area contributed by atoms with Gasteiger partial charge in [0.1, 0.15) is 5.75 Å². The van der Waals surface area contributed by atoms with Crippen LogP contribution in [0.2, 0.25) is 10.0 Å². The number of ether oxygens (including phenoxy) is 1. The molecule has 5 heteroatoms. The average molecular weight is 290 g/mol. The van der Waals surface area contributed by atoms with Crippen LogP contribution in [0.4, 0.5) is 0 Å². The second kappa shape index (κ2) is 5.01. The Kier molecular flexibility index (Phi) is 3.81. The fraction of sp³-hybridized carbons (Fsp3) is 0.417. The Hall–Kier alpha value is -0.510. The zero-order valence-electron chi connectivity index (χ0n) is 9.21. The summed E-state index contributed by atoms with van der Waals surface area (Å²) in [5.41, 5.74) is 5.70. The van der Waals surface area contributed by atoms with Gasteiger partial charge in [-0.05, 0) is 31.0 Å². The van der Waals surface area contributed by atoms with E-state index in [1.807, 2.05) is 0 Å². The molecule has 0 spiro atoms. The summed E-state index contributed by atoms with van der Waals surface area (Å²) in [7, 11) is 0. The van der Waals surface area contributed by atoms with Gasteiger partial charge in [-0.25, -0.2) is 0 Å². The number of hydrogen-bond acceptors (Lipinski definition) is 2. The van der Waals surface area contributed by atoms with Crippen LogP contribution in [-0.2, 0) is 0 Å². The third-order valence-electron chi connectivity index (χ3n) is 2.93. The van der Waals surface area contributed by atoms with Gasteiger partial charge in [0, 0.05) is 16.9 Å². The molecule has 0 bridgehead atoms. The van der Waals surface area contributed by atoms with Gasteiger partial charge >= 0.3 is 0 Å². The molecule has 0 saturated heterocycles. The van der Waals surface area contributed by atoms with Gasteiger partial charge in [-0.1, -0.05) is 35.4 Å². The number of thiocarbonyl (C=S) groups is 1. The molecule has 0 radical (unpaired) electrons. The molecule has 17 heavy (non-hydrogen) atoms. The number of nitrogens with two attached hydrogens (primary N) is 1. The monoisotopic (exact) mass is 289 g/mol. The summed E-state index contributed by atoms with van der Waals surface area (Å²) in [6, 6.07) is 5.21. The van der Waals surface area contributed by atoms with E-state index in [1.54, 1.807) is 18.2 Å². The normalized spacial score (nSPS) is 16.6. The van der Waals surface area contributed by atoms with Crippen molar-refractivity contribution in [3.8, 4) is 5.75 Å². The second-order valence-corrected chi connectivity index (χ2v) is 5.87. The van der Waals surface area contributed by atoms with Crippen LogP contribution < -0.4 is 10.5 Å². The van der Waals surface area contributed by atoms with Gasteiger partial charge in [0.2, 0.25) is 0 Å². The molecule has 0 amide bonds. The standard InChI is InChI=1S/C12H13Cl2NOS/c13-8-1-2-10(9(14)5-8)16-7-12(3-4-12)6-11(15)17/h1-2,5H,3-4,6-7H2,(H2,15,17). The highest BCUT2D eigenvalue weighted by Gasteiger charge is 2.43. The Morgan fingerprint density at radius 1 is 1.41 bits per heavy atom. The summed E-state index contributed by atoms with van der Waals surface area (Å²) in [6.07, 6.45) is 2.96. The van der Waals surface area contributed by atoms with E-state index < -0.39 is 0 Å². The summed E-state index contributed by atoms with van der Waals surface area (Å²) >= 11 is 16.8. The van der Waals surface area contributed by atoms with Crippen molar-refractivity contribution in [2.24, 2.45) is 11.1 Å². The van der Waals surface area contributed by atoms with E-state index in [0.29, 0.717) is 27.4 Å². The quantitative estimate of drug-likeness (QED) is 0.837. The van der Waals surface area contributed by atoms with Gasteiger partial charge in [-0.2, -0.15) is 0 Å². The molecule has 92 valence electrons. The van der Waals surface area contributed by atoms with Gasteiger partial charge in [-0.3, -0.25) is 0 Å². The van der Waals surface area contributed by atoms with E-state index in [9.17, 15) is 0 Å². The molecular weight excluding hydrogens is 277 g/mol. The predicted octanol–water partition coefficient (Wildman–Crippen LogP) is 3.83. The first-order valence-corrected chi connectivity index (χ1v) is 6.53. The zero-order chi connectivity index (χ0) is 12.5. The number of hydrogen-bond donors (Lipinski definition) is 1. The lowest BCUT2D eigenvalue weighted by molar-refractivity contribution is 0.239. The van der Waals surface area contributed by atoms with E-state index >= 15 is 0 Å². The lowest BCUT2D eigenvalue weighted by Crippen LogP contribution is -2.21. The first-order chi connectivity index (χ1) is 8.01. The Labute approximate surface area is 116 Å². The molecule has 2 nitrogen and oxygen atoms in total. The fourth-order valence-corrected chi connectivity index (χ4v) is 2.51. The molecule has 1 saturated carbocycles.